The van der Waals surface area contributed by atoms with Gasteiger partial charge >= 0.3 is 5.97 Å². The fourth-order valence-electron chi connectivity index (χ4n) is 4.34. The van der Waals surface area contributed by atoms with Crippen molar-refractivity contribution in [2.45, 2.75) is 31.3 Å². The molecule has 2 amide bonds. The molecule has 4 rings (SSSR count). The highest BCUT2D eigenvalue weighted by molar-refractivity contribution is 6.22. The Bertz CT molecular complexity index is 999. The van der Waals surface area contributed by atoms with Crippen LogP contribution in [0.2, 0.25) is 0 Å². The first-order valence-electron chi connectivity index (χ1n) is 10.7. The monoisotopic (exact) mass is 437 g/mol. The van der Waals surface area contributed by atoms with E-state index in [9.17, 15) is 14.4 Å². The van der Waals surface area contributed by atoms with Crippen molar-refractivity contribution in [1.82, 2.24) is 4.90 Å². The minimum absolute atomic E-state index is 0.172. The van der Waals surface area contributed by atoms with Crippen LogP contribution in [0.3, 0.4) is 0 Å². The summed E-state index contributed by atoms with van der Waals surface area (Å²) in [5.41, 5.74) is 1.86. The molecular formula is C24H27N3O5. The minimum Gasteiger partial charge on any atom is -0.497 e. The molecule has 168 valence electrons. The lowest BCUT2D eigenvalue weighted by atomic mass is 10.0. The van der Waals surface area contributed by atoms with E-state index < -0.39 is 12.0 Å². The van der Waals surface area contributed by atoms with Crippen LogP contribution in [0.5, 0.6) is 5.75 Å². The number of rotatable bonds is 6. The minimum atomic E-state index is -0.459. The molecule has 0 spiro atoms. The molecule has 0 aromatic heterocycles. The smallest absolute Gasteiger partial charge is 0.337 e. The second kappa shape index (κ2) is 9.40. The Kier molecular flexibility index (Phi) is 6.41. The Morgan fingerprint density at radius 1 is 1.03 bits per heavy atom. The second-order valence-corrected chi connectivity index (χ2v) is 8.01. The average molecular weight is 437 g/mol. The number of methoxy groups -OCH3 is 2. The van der Waals surface area contributed by atoms with Crippen LogP contribution in [0, 0.1) is 0 Å². The predicted molar refractivity (Wildman–Crippen MR) is 120 cm³/mol. The quantitative estimate of drug-likeness (QED) is 0.549. The standard InChI is InChI=1S/C24H27N3O5/c1-31-20-5-3-4-18(14-20)25-17-10-12-26(13-11-17)21-15-22(28)27(23(21)29)19-8-6-16(7-9-19)24(30)32-2/h3-9,14,17,21,25H,10-13,15H2,1-2H3/t21-/m1/s1. The number of piperidine rings is 1. The summed E-state index contributed by atoms with van der Waals surface area (Å²) in [6.45, 7) is 1.47. The van der Waals surface area contributed by atoms with Crippen molar-refractivity contribution in [2.24, 2.45) is 0 Å². The fourth-order valence-corrected chi connectivity index (χ4v) is 4.34. The van der Waals surface area contributed by atoms with Crippen molar-refractivity contribution >= 4 is 29.2 Å². The molecule has 2 saturated heterocycles. The Morgan fingerprint density at radius 2 is 1.75 bits per heavy atom. The van der Waals surface area contributed by atoms with Crippen molar-refractivity contribution in [3.63, 3.8) is 0 Å². The Hall–Kier alpha value is -3.39. The molecule has 0 radical (unpaired) electrons. The normalized spacial score (nSPS) is 19.8. The number of hydrogen-bond acceptors (Lipinski definition) is 7. The molecule has 0 aliphatic carbocycles. The van der Waals surface area contributed by atoms with Crippen LogP contribution in [0.15, 0.2) is 48.5 Å². The number of benzene rings is 2. The van der Waals surface area contributed by atoms with Gasteiger partial charge in [0.2, 0.25) is 5.91 Å². The zero-order chi connectivity index (χ0) is 22.7. The summed E-state index contributed by atoms with van der Waals surface area (Å²) in [5.74, 6) is -0.0800. The van der Waals surface area contributed by atoms with Crippen LogP contribution in [0.25, 0.3) is 0 Å². The van der Waals surface area contributed by atoms with E-state index in [2.05, 4.69) is 10.2 Å². The highest BCUT2D eigenvalue weighted by atomic mass is 16.5. The molecule has 1 N–H and O–H groups in total. The predicted octanol–water partition coefficient (Wildman–Crippen LogP) is 2.69. The Labute approximate surface area is 187 Å². The maximum Gasteiger partial charge on any atom is 0.337 e. The summed E-state index contributed by atoms with van der Waals surface area (Å²) in [4.78, 5) is 40.7. The van der Waals surface area contributed by atoms with E-state index >= 15 is 0 Å². The van der Waals surface area contributed by atoms with Gasteiger partial charge in [-0.1, -0.05) is 6.07 Å². The first-order chi connectivity index (χ1) is 15.5. The van der Waals surface area contributed by atoms with E-state index in [0.717, 1.165) is 37.4 Å². The molecule has 2 fully saturated rings. The van der Waals surface area contributed by atoms with Gasteiger partial charge in [0.1, 0.15) is 5.75 Å². The first kappa shape index (κ1) is 21.8. The van der Waals surface area contributed by atoms with E-state index in [1.807, 2.05) is 24.3 Å². The summed E-state index contributed by atoms with van der Waals surface area (Å²) in [5, 5.41) is 3.53. The number of nitrogens with one attached hydrogen (secondary N) is 1. The van der Waals surface area contributed by atoms with Gasteiger partial charge in [-0.15, -0.1) is 0 Å². The number of likely N-dealkylation sites (tertiary alicyclic amines) is 1. The van der Waals surface area contributed by atoms with Gasteiger partial charge in [-0.05, 0) is 49.2 Å². The highest BCUT2D eigenvalue weighted by Crippen LogP contribution is 2.29. The third kappa shape index (κ3) is 4.45. The van der Waals surface area contributed by atoms with Crippen LogP contribution in [0.1, 0.15) is 29.6 Å². The van der Waals surface area contributed by atoms with E-state index in [1.165, 1.54) is 12.0 Å². The molecule has 2 aliphatic heterocycles. The van der Waals surface area contributed by atoms with E-state index in [0.29, 0.717) is 17.3 Å². The third-order valence-electron chi connectivity index (χ3n) is 6.08. The molecule has 32 heavy (non-hydrogen) atoms. The van der Waals surface area contributed by atoms with Crippen molar-refractivity contribution in [3.05, 3.63) is 54.1 Å². The summed E-state index contributed by atoms with van der Waals surface area (Å²) in [6, 6.07) is 14.0. The zero-order valence-electron chi connectivity index (χ0n) is 18.2. The van der Waals surface area contributed by atoms with Crippen molar-refractivity contribution in [2.75, 3.05) is 37.5 Å². The number of imide groups is 1. The summed E-state index contributed by atoms with van der Waals surface area (Å²) < 4.78 is 9.97. The molecule has 8 nitrogen and oxygen atoms in total. The van der Waals surface area contributed by atoms with Gasteiger partial charge in [-0.3, -0.25) is 14.5 Å². The molecule has 8 heteroatoms. The van der Waals surface area contributed by atoms with E-state index in [-0.39, 0.29) is 18.2 Å². The van der Waals surface area contributed by atoms with Gasteiger partial charge in [0, 0.05) is 30.9 Å². The number of nitrogens with zero attached hydrogens (tertiary/aromatic N) is 2. The van der Waals surface area contributed by atoms with Crippen molar-refractivity contribution in [3.8, 4) is 5.75 Å². The molecule has 2 heterocycles. The summed E-state index contributed by atoms with van der Waals surface area (Å²) in [7, 11) is 2.96. The maximum atomic E-state index is 13.1. The van der Waals surface area contributed by atoms with Gasteiger partial charge < -0.3 is 14.8 Å². The summed E-state index contributed by atoms with van der Waals surface area (Å²) >= 11 is 0. The lowest BCUT2D eigenvalue weighted by Gasteiger charge is -2.35. The molecule has 0 unspecified atom stereocenters. The lowest BCUT2D eigenvalue weighted by molar-refractivity contribution is -0.123. The largest absolute Gasteiger partial charge is 0.497 e. The average Bonchev–Trinajstić information content (AvgIpc) is 3.13. The molecule has 2 aliphatic rings. The van der Waals surface area contributed by atoms with Crippen LogP contribution >= 0.6 is 0 Å². The van der Waals surface area contributed by atoms with Crippen LogP contribution in [-0.4, -0.2) is 62.1 Å². The topological polar surface area (TPSA) is 88.2 Å². The van der Waals surface area contributed by atoms with Crippen LogP contribution < -0.4 is 15.0 Å². The van der Waals surface area contributed by atoms with Gasteiger partial charge in [-0.2, -0.15) is 0 Å². The lowest BCUT2D eigenvalue weighted by Crippen LogP contribution is -2.48. The van der Waals surface area contributed by atoms with Crippen LogP contribution in [-0.2, 0) is 14.3 Å². The van der Waals surface area contributed by atoms with Crippen LogP contribution in [0.4, 0.5) is 11.4 Å². The van der Waals surface area contributed by atoms with Crippen molar-refractivity contribution < 1.29 is 23.9 Å². The Morgan fingerprint density at radius 3 is 2.41 bits per heavy atom. The van der Waals surface area contributed by atoms with E-state index in [4.69, 9.17) is 9.47 Å². The number of hydrogen-bond donors (Lipinski definition) is 1. The van der Waals surface area contributed by atoms with Gasteiger partial charge in [0.05, 0.1) is 37.9 Å². The number of amides is 2. The van der Waals surface area contributed by atoms with Gasteiger partial charge in [0.15, 0.2) is 0 Å². The number of esters is 1. The zero-order valence-corrected chi connectivity index (χ0v) is 18.2. The molecule has 2 aromatic rings. The molecule has 1 atom stereocenters. The highest BCUT2D eigenvalue weighted by Gasteiger charge is 2.43. The van der Waals surface area contributed by atoms with Gasteiger partial charge in [0.25, 0.3) is 5.91 Å². The molecule has 0 bridgehead atoms. The number of carbonyl (C=O) groups is 3. The molecule has 0 saturated carbocycles. The van der Waals surface area contributed by atoms with E-state index in [1.54, 1.807) is 31.4 Å². The first-order valence-corrected chi connectivity index (χ1v) is 10.7. The summed E-state index contributed by atoms with van der Waals surface area (Å²) in [6.07, 6.45) is 1.93. The van der Waals surface area contributed by atoms with Gasteiger partial charge in [-0.25, -0.2) is 9.69 Å². The SMILES string of the molecule is COC(=O)c1ccc(N2C(=O)C[C@@H](N3CCC(Nc4cccc(OC)c4)CC3)C2=O)cc1. The number of ether oxygens (including phenoxy) is 2. The maximum absolute atomic E-state index is 13.1. The fraction of sp³-hybridized carbons (Fsp3) is 0.375. The van der Waals surface area contributed by atoms with Crippen molar-refractivity contribution in [1.29, 1.82) is 0 Å². The second-order valence-electron chi connectivity index (χ2n) is 8.01. The number of carbonyl (C=O) groups excluding carboxylic acids is 3. The molecular weight excluding hydrogens is 410 g/mol. The Balaban J connectivity index is 1.36. The number of anilines is 2. The molecule has 2 aromatic carbocycles. The third-order valence-corrected chi connectivity index (χ3v) is 6.08.